The summed E-state index contributed by atoms with van der Waals surface area (Å²) in [5.41, 5.74) is 0.468. The number of hydrazine groups is 1. The molecule has 3 rings (SSSR count). The minimum absolute atomic E-state index is 0.0954. The first-order chi connectivity index (χ1) is 20.6. The summed E-state index contributed by atoms with van der Waals surface area (Å²) < 4.78 is 78.1. The van der Waals surface area contributed by atoms with Crippen LogP contribution in [0.2, 0.25) is 0 Å². The molecule has 14 nitrogen and oxygen atoms in total. The fraction of sp³-hybridized carbons (Fsp3) is 0.346. The van der Waals surface area contributed by atoms with Crippen LogP contribution in [0.4, 0.5) is 18.0 Å². The van der Waals surface area contributed by atoms with Crippen LogP contribution in [-0.4, -0.2) is 66.2 Å². The zero-order chi connectivity index (χ0) is 32.7. The number of aryl methyl sites for hydroxylation is 1. The Hall–Kier alpha value is -4.87. The second-order valence-electron chi connectivity index (χ2n) is 9.34. The van der Waals surface area contributed by atoms with Crippen molar-refractivity contribution in [2.75, 3.05) is 19.9 Å². The predicted octanol–water partition coefficient (Wildman–Crippen LogP) is 4.32. The van der Waals surface area contributed by atoms with Crippen LogP contribution in [0.1, 0.15) is 32.0 Å². The van der Waals surface area contributed by atoms with Gasteiger partial charge in [0.05, 0.1) is 33.9 Å². The largest absolute Gasteiger partial charge is 0.569 e. The predicted molar refractivity (Wildman–Crippen MR) is 146 cm³/mol. The van der Waals surface area contributed by atoms with E-state index < -0.39 is 53.4 Å². The maximum atomic E-state index is 13.5. The topological polar surface area (TPSA) is 167 Å². The van der Waals surface area contributed by atoms with E-state index in [1.54, 1.807) is 42.8 Å². The number of sulfonamides is 1. The summed E-state index contributed by atoms with van der Waals surface area (Å²) in [4.78, 5) is 27.8. The zero-order valence-electron chi connectivity index (χ0n) is 23.9. The molecule has 0 atom stereocenters. The van der Waals surface area contributed by atoms with E-state index in [9.17, 15) is 36.4 Å². The van der Waals surface area contributed by atoms with E-state index in [2.05, 4.69) is 20.0 Å². The molecule has 0 unspecified atom stereocenters. The van der Waals surface area contributed by atoms with Crippen molar-refractivity contribution < 1.29 is 50.5 Å². The lowest BCUT2D eigenvalue weighted by Gasteiger charge is -2.16. The summed E-state index contributed by atoms with van der Waals surface area (Å²) in [7, 11) is -4.45. The summed E-state index contributed by atoms with van der Waals surface area (Å²) in [5.74, 6) is -1.10. The van der Waals surface area contributed by atoms with Crippen molar-refractivity contribution in [1.82, 2.24) is 19.5 Å². The molecule has 0 bridgehead atoms. The van der Waals surface area contributed by atoms with Gasteiger partial charge in [-0.3, -0.25) is 4.79 Å². The van der Waals surface area contributed by atoms with E-state index in [1.807, 2.05) is 6.92 Å². The third-order valence-corrected chi connectivity index (χ3v) is 7.00. The van der Waals surface area contributed by atoms with Crippen LogP contribution < -0.4 is 4.72 Å². The van der Waals surface area contributed by atoms with E-state index >= 15 is 0 Å². The summed E-state index contributed by atoms with van der Waals surface area (Å²) in [5, 5.41) is 19.7. The lowest BCUT2D eigenvalue weighted by Crippen LogP contribution is -2.42. The number of nitrogens with one attached hydrogen (secondary N) is 1. The van der Waals surface area contributed by atoms with Crippen molar-refractivity contribution in [3.05, 3.63) is 71.1 Å². The van der Waals surface area contributed by atoms with Gasteiger partial charge >= 0.3 is 12.3 Å². The van der Waals surface area contributed by atoms with Gasteiger partial charge in [-0.05, 0) is 58.0 Å². The number of carbonyl (C=O) groups is 2. The number of likely N-dealkylation sites (N-methyl/N-ethyl adjacent to an activating group) is 1. The third-order valence-electron chi connectivity index (χ3n) is 5.61. The molecule has 1 amide bonds. The van der Waals surface area contributed by atoms with E-state index in [0.717, 1.165) is 33.5 Å². The molecule has 0 fully saturated rings. The van der Waals surface area contributed by atoms with Gasteiger partial charge in [0.2, 0.25) is 5.28 Å². The summed E-state index contributed by atoms with van der Waals surface area (Å²) in [6, 6.07) is 12.3. The van der Waals surface area contributed by atoms with E-state index in [4.69, 9.17) is 4.74 Å². The first kappa shape index (κ1) is 33.6. The number of aromatic nitrogens is 2. The standard InChI is InChI=1S/C26H29F3N6O8S/c1-5-33(35(38)32-42-16-41-25(37)43-17(2)3)15-24(36)31-44(39,40)21-12-10-20(11-13-21)34-22(14-23(30-34)26(27,28)29)19-8-6-18(4)7-9-19/h6-14,17H,5,15-16H2,1-4H3,(H,31,36). The van der Waals surface area contributed by atoms with E-state index in [-0.39, 0.29) is 27.8 Å². The van der Waals surface area contributed by atoms with E-state index in [0.29, 0.717) is 5.56 Å². The molecular weight excluding hydrogens is 613 g/mol. The number of ether oxygens (including phenoxy) is 2. The van der Waals surface area contributed by atoms with Gasteiger partial charge in [0.1, 0.15) is 0 Å². The number of halogens is 3. The van der Waals surface area contributed by atoms with Gasteiger partial charge in [-0.1, -0.05) is 29.8 Å². The number of rotatable bonds is 12. The Morgan fingerprint density at radius 3 is 2.34 bits per heavy atom. The molecule has 0 aliphatic carbocycles. The van der Waals surface area contributed by atoms with Crippen molar-refractivity contribution >= 4 is 22.1 Å². The Balaban J connectivity index is 1.71. The average molecular weight is 643 g/mol. The Morgan fingerprint density at radius 1 is 1.14 bits per heavy atom. The monoisotopic (exact) mass is 642 g/mol. The smallest absolute Gasteiger partial charge is 0.511 e. The maximum absolute atomic E-state index is 13.5. The molecule has 0 saturated heterocycles. The quantitative estimate of drug-likeness (QED) is 0.0750. The van der Waals surface area contributed by atoms with Crippen LogP contribution in [0.5, 0.6) is 0 Å². The van der Waals surface area contributed by atoms with Gasteiger partial charge in [-0.2, -0.15) is 18.3 Å². The highest BCUT2D eigenvalue weighted by atomic mass is 32.2. The second-order valence-corrected chi connectivity index (χ2v) is 11.0. The zero-order valence-corrected chi connectivity index (χ0v) is 24.8. The molecule has 1 heterocycles. The van der Waals surface area contributed by atoms with Gasteiger partial charge in [0, 0.05) is 5.56 Å². The highest BCUT2D eigenvalue weighted by Crippen LogP contribution is 2.33. The Morgan fingerprint density at radius 2 is 1.77 bits per heavy atom. The average Bonchev–Trinajstić information content (AvgIpc) is 3.40. The molecule has 0 radical (unpaired) electrons. The van der Waals surface area contributed by atoms with Gasteiger partial charge in [-0.15, -0.1) is 5.01 Å². The number of hydrogen-bond donors (Lipinski definition) is 1. The number of nitrogens with zero attached hydrogens (tertiary/aromatic N) is 5. The van der Waals surface area contributed by atoms with Crippen LogP contribution in [0.15, 0.2) is 64.8 Å². The molecule has 0 aliphatic rings. The van der Waals surface area contributed by atoms with Gasteiger partial charge < -0.3 is 19.5 Å². The molecule has 1 aromatic heterocycles. The third kappa shape index (κ3) is 9.06. The Kier molecular flexibility index (Phi) is 10.8. The first-order valence-corrected chi connectivity index (χ1v) is 14.4. The van der Waals surface area contributed by atoms with Gasteiger partial charge in [0.25, 0.3) is 22.7 Å². The fourth-order valence-electron chi connectivity index (χ4n) is 3.54. The van der Waals surface area contributed by atoms with Gasteiger partial charge in [0.15, 0.2) is 12.2 Å². The van der Waals surface area contributed by atoms with Crippen molar-refractivity contribution in [1.29, 1.82) is 0 Å². The van der Waals surface area contributed by atoms with Crippen LogP contribution in [0.25, 0.3) is 16.9 Å². The Labute approximate surface area is 250 Å². The molecule has 18 heteroatoms. The second kappa shape index (κ2) is 14.1. The lowest BCUT2D eigenvalue weighted by atomic mass is 10.1. The van der Waals surface area contributed by atoms with Crippen LogP contribution in [0.3, 0.4) is 0 Å². The molecule has 0 saturated carbocycles. The summed E-state index contributed by atoms with van der Waals surface area (Å²) >= 11 is 0. The van der Waals surface area contributed by atoms with Crippen LogP contribution in [0, 0.1) is 12.1 Å². The molecule has 238 valence electrons. The molecule has 1 N–H and O–H groups in total. The first-order valence-electron chi connectivity index (χ1n) is 12.9. The number of hydrogen-bond acceptors (Lipinski definition) is 10. The minimum atomic E-state index is -4.72. The molecular formula is C26H29F3N6O8S. The summed E-state index contributed by atoms with van der Waals surface area (Å²) in [6.07, 6.45) is -6.22. The van der Waals surface area contributed by atoms with Crippen LogP contribution >= 0.6 is 0 Å². The Bertz CT molecular complexity index is 1590. The number of carbonyl (C=O) groups excluding carboxylic acids is 2. The summed E-state index contributed by atoms with van der Waals surface area (Å²) in [6.45, 7) is 4.86. The number of alkyl halides is 3. The van der Waals surface area contributed by atoms with E-state index in [1.165, 1.54) is 19.1 Å². The minimum Gasteiger partial charge on any atom is -0.569 e. The fourth-order valence-corrected chi connectivity index (χ4v) is 4.52. The molecule has 2 aromatic carbocycles. The number of amides is 1. The normalized spacial score (nSPS) is 12.1. The molecule has 3 aromatic rings. The lowest BCUT2D eigenvalue weighted by molar-refractivity contribution is -0.709. The van der Waals surface area contributed by atoms with Crippen LogP contribution in [-0.2, 0) is 35.3 Å². The molecule has 44 heavy (non-hydrogen) atoms. The highest BCUT2D eigenvalue weighted by molar-refractivity contribution is 7.90. The highest BCUT2D eigenvalue weighted by Gasteiger charge is 2.35. The molecule has 0 spiro atoms. The van der Waals surface area contributed by atoms with Crippen molar-refractivity contribution in [2.24, 2.45) is 5.28 Å². The van der Waals surface area contributed by atoms with Crippen molar-refractivity contribution in [3.63, 3.8) is 0 Å². The SMILES string of the molecule is CCN(CC(=O)NS(=O)(=O)c1ccc(-n2nc(C(F)(F)F)cc2-c2ccc(C)cc2)cc1)[N+]([O-])=NOCOC(=O)OC(C)C. The maximum Gasteiger partial charge on any atom is 0.511 e. The van der Waals surface area contributed by atoms with Crippen molar-refractivity contribution in [2.45, 2.75) is 44.9 Å². The van der Waals surface area contributed by atoms with Gasteiger partial charge in [-0.25, -0.2) is 22.6 Å². The molecule has 0 aliphatic heterocycles. The van der Waals surface area contributed by atoms with Crippen molar-refractivity contribution in [3.8, 4) is 16.9 Å². The number of benzene rings is 2.